The van der Waals surface area contributed by atoms with E-state index in [9.17, 15) is 9.18 Å². The van der Waals surface area contributed by atoms with Crippen LogP contribution >= 0.6 is 0 Å². The number of pyridine rings is 1. The number of carbonyl (C=O) groups excluding carboxylic acids is 1. The minimum Gasteiger partial charge on any atom is -0.476 e. The Morgan fingerprint density at radius 3 is 2.92 bits per heavy atom. The van der Waals surface area contributed by atoms with Crippen molar-refractivity contribution in [1.29, 1.82) is 0 Å². The number of carbonyl (C=O) groups is 1. The van der Waals surface area contributed by atoms with Crippen LogP contribution in [0.25, 0.3) is 5.65 Å². The lowest BCUT2D eigenvalue weighted by Gasteiger charge is -2.31. The van der Waals surface area contributed by atoms with Gasteiger partial charge in [-0.1, -0.05) is 0 Å². The molecule has 1 saturated heterocycles. The van der Waals surface area contributed by atoms with Crippen molar-refractivity contribution >= 4 is 11.6 Å². The van der Waals surface area contributed by atoms with Gasteiger partial charge in [-0.2, -0.15) is 0 Å². The van der Waals surface area contributed by atoms with E-state index < -0.39 is 5.82 Å². The molecule has 0 N–H and O–H groups in total. The molecule has 1 fully saturated rings. The van der Waals surface area contributed by atoms with E-state index >= 15 is 0 Å². The molecule has 4 heterocycles. The van der Waals surface area contributed by atoms with Crippen molar-refractivity contribution in [1.82, 2.24) is 24.5 Å². The molecule has 0 radical (unpaired) electrons. The standard InChI is InChI=1S/C18H18FN5O2/c19-15-9-14(10-20-11-15)18(25)23-6-3-13(4-7-23)12-26-17-2-1-16-21-5-8-24(16)22-17/h1-2,5,8-11,13H,3-4,6-7,12H2. The molecule has 0 saturated carbocycles. The molecular weight excluding hydrogens is 337 g/mol. The van der Waals surface area contributed by atoms with Gasteiger partial charge in [-0.05, 0) is 30.9 Å². The molecule has 1 aliphatic heterocycles. The van der Waals surface area contributed by atoms with Gasteiger partial charge in [0.2, 0.25) is 5.88 Å². The summed E-state index contributed by atoms with van der Waals surface area (Å²) in [5.74, 6) is 0.231. The van der Waals surface area contributed by atoms with Crippen LogP contribution in [0.3, 0.4) is 0 Å². The third-order valence-corrected chi connectivity index (χ3v) is 4.55. The number of fused-ring (bicyclic) bond motifs is 1. The molecule has 0 bridgehead atoms. The Labute approximate surface area is 149 Å². The molecule has 1 aliphatic rings. The van der Waals surface area contributed by atoms with Crippen molar-refractivity contribution in [3.05, 3.63) is 54.4 Å². The van der Waals surface area contributed by atoms with Gasteiger partial charge >= 0.3 is 0 Å². The Kier molecular flexibility index (Phi) is 4.47. The molecule has 134 valence electrons. The van der Waals surface area contributed by atoms with Crippen LogP contribution in [0.5, 0.6) is 5.88 Å². The molecule has 8 heteroatoms. The van der Waals surface area contributed by atoms with E-state index in [2.05, 4.69) is 15.1 Å². The highest BCUT2D eigenvalue weighted by Gasteiger charge is 2.24. The zero-order valence-corrected chi connectivity index (χ0v) is 14.1. The summed E-state index contributed by atoms with van der Waals surface area (Å²) >= 11 is 0. The molecule has 0 spiro atoms. The highest BCUT2D eigenvalue weighted by Crippen LogP contribution is 2.20. The maximum absolute atomic E-state index is 13.2. The summed E-state index contributed by atoms with van der Waals surface area (Å²) in [6, 6.07) is 4.89. The number of aromatic nitrogens is 4. The minimum atomic E-state index is -0.499. The first-order chi connectivity index (χ1) is 12.7. The van der Waals surface area contributed by atoms with Gasteiger partial charge < -0.3 is 9.64 Å². The molecule has 3 aromatic heterocycles. The molecule has 0 aliphatic carbocycles. The predicted octanol–water partition coefficient (Wildman–Crippen LogP) is 2.19. The minimum absolute atomic E-state index is 0.177. The highest BCUT2D eigenvalue weighted by atomic mass is 19.1. The largest absolute Gasteiger partial charge is 0.476 e. The molecule has 26 heavy (non-hydrogen) atoms. The third-order valence-electron chi connectivity index (χ3n) is 4.55. The average Bonchev–Trinajstić information content (AvgIpc) is 3.14. The summed E-state index contributed by atoms with van der Waals surface area (Å²) in [5, 5.41) is 4.34. The van der Waals surface area contributed by atoms with E-state index in [1.54, 1.807) is 27.9 Å². The molecule has 0 atom stereocenters. The van der Waals surface area contributed by atoms with Crippen LogP contribution in [-0.2, 0) is 0 Å². The second-order valence-electron chi connectivity index (χ2n) is 6.34. The van der Waals surface area contributed by atoms with Gasteiger partial charge in [-0.3, -0.25) is 9.78 Å². The zero-order chi connectivity index (χ0) is 17.9. The summed E-state index contributed by atoms with van der Waals surface area (Å²) in [7, 11) is 0. The maximum atomic E-state index is 13.2. The second kappa shape index (κ2) is 7.07. The van der Waals surface area contributed by atoms with Crippen molar-refractivity contribution in [3.63, 3.8) is 0 Å². The first-order valence-corrected chi connectivity index (χ1v) is 8.52. The van der Waals surface area contributed by atoms with Crippen LogP contribution in [0.15, 0.2) is 43.0 Å². The smallest absolute Gasteiger partial charge is 0.255 e. The lowest BCUT2D eigenvalue weighted by atomic mass is 9.97. The van der Waals surface area contributed by atoms with E-state index in [0.717, 1.165) is 24.7 Å². The molecular formula is C18H18FN5O2. The van der Waals surface area contributed by atoms with Crippen LogP contribution in [0.1, 0.15) is 23.2 Å². The van der Waals surface area contributed by atoms with Crippen molar-refractivity contribution in [2.24, 2.45) is 5.92 Å². The van der Waals surface area contributed by atoms with Crippen molar-refractivity contribution in [2.75, 3.05) is 19.7 Å². The predicted molar refractivity (Wildman–Crippen MR) is 91.3 cm³/mol. The Morgan fingerprint density at radius 1 is 1.27 bits per heavy atom. The fourth-order valence-electron chi connectivity index (χ4n) is 3.09. The summed E-state index contributed by atoms with van der Waals surface area (Å²) in [5.41, 5.74) is 1.06. The van der Waals surface area contributed by atoms with Gasteiger partial charge in [-0.25, -0.2) is 13.9 Å². The molecule has 0 aromatic carbocycles. The summed E-state index contributed by atoms with van der Waals surface area (Å²) in [6.45, 7) is 1.80. The SMILES string of the molecule is O=C(c1cncc(F)c1)N1CCC(COc2ccc3nccn3n2)CC1. The lowest BCUT2D eigenvalue weighted by Crippen LogP contribution is -2.39. The summed E-state index contributed by atoms with van der Waals surface area (Å²) in [6.07, 6.45) is 7.62. The average molecular weight is 355 g/mol. The van der Waals surface area contributed by atoms with Crippen molar-refractivity contribution in [3.8, 4) is 5.88 Å². The summed E-state index contributed by atoms with van der Waals surface area (Å²) in [4.78, 5) is 22.0. The monoisotopic (exact) mass is 355 g/mol. The molecule has 7 nitrogen and oxygen atoms in total. The van der Waals surface area contributed by atoms with Crippen LogP contribution < -0.4 is 4.74 Å². The van der Waals surface area contributed by atoms with E-state index in [1.807, 2.05) is 6.07 Å². The summed E-state index contributed by atoms with van der Waals surface area (Å²) < 4.78 is 20.7. The second-order valence-corrected chi connectivity index (χ2v) is 6.34. The molecule has 4 rings (SSSR count). The van der Waals surface area contributed by atoms with Crippen molar-refractivity contribution < 1.29 is 13.9 Å². The lowest BCUT2D eigenvalue weighted by molar-refractivity contribution is 0.0658. The molecule has 0 unspecified atom stereocenters. The van der Waals surface area contributed by atoms with Crippen LogP contribution in [0, 0.1) is 11.7 Å². The fourth-order valence-corrected chi connectivity index (χ4v) is 3.09. The van der Waals surface area contributed by atoms with Gasteiger partial charge in [0.25, 0.3) is 5.91 Å². The molecule has 1 amide bonds. The number of amides is 1. The van der Waals surface area contributed by atoms with E-state index in [0.29, 0.717) is 31.5 Å². The Bertz CT molecular complexity index is 921. The Morgan fingerprint density at radius 2 is 2.12 bits per heavy atom. The van der Waals surface area contributed by atoms with Crippen LogP contribution in [-0.4, -0.2) is 50.1 Å². The Balaban J connectivity index is 1.30. The third kappa shape index (κ3) is 3.49. The molecule has 3 aromatic rings. The number of hydrogen-bond acceptors (Lipinski definition) is 5. The first kappa shape index (κ1) is 16.4. The van der Waals surface area contributed by atoms with Gasteiger partial charge in [0.15, 0.2) is 5.65 Å². The van der Waals surface area contributed by atoms with Crippen molar-refractivity contribution in [2.45, 2.75) is 12.8 Å². The number of piperidine rings is 1. The first-order valence-electron chi connectivity index (χ1n) is 8.52. The number of nitrogens with zero attached hydrogens (tertiary/aromatic N) is 5. The van der Waals surface area contributed by atoms with Gasteiger partial charge in [0.1, 0.15) is 5.82 Å². The van der Waals surface area contributed by atoms with Crippen LogP contribution in [0.4, 0.5) is 4.39 Å². The number of hydrogen-bond donors (Lipinski definition) is 0. The number of halogens is 1. The van der Waals surface area contributed by atoms with Crippen LogP contribution in [0.2, 0.25) is 0 Å². The fraction of sp³-hybridized carbons (Fsp3) is 0.333. The van der Waals surface area contributed by atoms with Gasteiger partial charge in [-0.15, -0.1) is 5.10 Å². The number of ether oxygens (including phenoxy) is 1. The highest BCUT2D eigenvalue weighted by molar-refractivity contribution is 5.93. The number of rotatable bonds is 4. The number of likely N-dealkylation sites (tertiary alicyclic amines) is 1. The van der Waals surface area contributed by atoms with Gasteiger partial charge in [0.05, 0.1) is 18.4 Å². The zero-order valence-electron chi connectivity index (χ0n) is 14.1. The number of imidazole rings is 1. The topological polar surface area (TPSA) is 72.6 Å². The normalized spacial score (nSPS) is 15.3. The van der Waals surface area contributed by atoms with E-state index in [4.69, 9.17) is 4.74 Å². The van der Waals surface area contributed by atoms with E-state index in [1.165, 1.54) is 12.3 Å². The van der Waals surface area contributed by atoms with Gasteiger partial charge in [0, 0.05) is 37.7 Å². The maximum Gasteiger partial charge on any atom is 0.255 e. The van der Waals surface area contributed by atoms with E-state index in [-0.39, 0.29) is 11.5 Å². The Hall–Kier alpha value is -3.03. The quantitative estimate of drug-likeness (QED) is 0.717.